The van der Waals surface area contributed by atoms with Crippen molar-refractivity contribution in [3.8, 4) is 11.8 Å². The molecule has 3 N–H and O–H groups in total. The molecule has 0 saturated heterocycles. The Morgan fingerprint density at radius 1 is 1.35 bits per heavy atom. The molecule has 1 amide bonds. The van der Waals surface area contributed by atoms with Crippen LogP contribution in [0.4, 0.5) is 5.69 Å². The first-order valence-corrected chi connectivity index (χ1v) is 5.89. The van der Waals surface area contributed by atoms with E-state index in [4.69, 9.17) is 20.5 Å². The quantitative estimate of drug-likeness (QED) is 0.418. The number of amides is 1. The summed E-state index contributed by atoms with van der Waals surface area (Å²) in [4.78, 5) is 22.5. The molecule has 106 valence electrons. The predicted molar refractivity (Wildman–Crippen MR) is 70.5 cm³/mol. The van der Waals surface area contributed by atoms with E-state index in [9.17, 15) is 9.59 Å². The number of nitrogens with one attached hydrogen (secondary N) is 1. The van der Waals surface area contributed by atoms with E-state index in [0.717, 1.165) is 0 Å². The fourth-order valence-electron chi connectivity index (χ4n) is 1.24. The normalized spacial score (nSPS) is 9.35. The molecule has 0 unspecified atom stereocenters. The third-order valence-electron chi connectivity index (χ3n) is 2.14. The highest BCUT2D eigenvalue weighted by Gasteiger charge is 2.08. The van der Waals surface area contributed by atoms with Crippen LogP contribution in [-0.2, 0) is 14.3 Å². The third kappa shape index (κ3) is 6.26. The van der Waals surface area contributed by atoms with Crippen LogP contribution in [0.2, 0.25) is 0 Å². The molecule has 0 aliphatic heterocycles. The summed E-state index contributed by atoms with van der Waals surface area (Å²) in [7, 11) is 0. The Kier molecular flexibility index (Phi) is 6.41. The molecule has 20 heavy (non-hydrogen) atoms. The minimum Gasteiger partial charge on any atom is -0.482 e. The molecule has 0 saturated carbocycles. The number of nitriles is 1. The second-order valence-corrected chi connectivity index (χ2v) is 3.78. The van der Waals surface area contributed by atoms with Gasteiger partial charge in [0.05, 0.1) is 12.5 Å². The van der Waals surface area contributed by atoms with Gasteiger partial charge >= 0.3 is 5.97 Å². The molecule has 0 heterocycles. The number of carbonyl (C=O) groups excluding carboxylic acids is 2. The van der Waals surface area contributed by atoms with E-state index in [2.05, 4.69) is 5.32 Å². The van der Waals surface area contributed by atoms with Gasteiger partial charge in [-0.25, -0.2) is 4.79 Å². The second-order valence-electron chi connectivity index (χ2n) is 3.78. The summed E-state index contributed by atoms with van der Waals surface area (Å²) in [5.41, 5.74) is 6.07. The van der Waals surface area contributed by atoms with E-state index in [-0.39, 0.29) is 19.6 Å². The van der Waals surface area contributed by atoms with Crippen LogP contribution in [0.3, 0.4) is 0 Å². The molecule has 0 aromatic heterocycles. The molecule has 0 bridgehead atoms. The fraction of sp³-hybridized carbons (Fsp3) is 0.308. The Morgan fingerprint density at radius 2 is 2.15 bits per heavy atom. The largest absolute Gasteiger partial charge is 0.482 e. The number of hydrogen-bond donors (Lipinski definition) is 2. The Balaban J connectivity index is 2.20. The van der Waals surface area contributed by atoms with Gasteiger partial charge in [0.1, 0.15) is 5.75 Å². The van der Waals surface area contributed by atoms with Crippen molar-refractivity contribution < 1.29 is 19.1 Å². The molecule has 0 aliphatic rings. The number of hydrogen-bond acceptors (Lipinski definition) is 6. The highest BCUT2D eigenvalue weighted by atomic mass is 16.6. The Labute approximate surface area is 116 Å². The standard InChI is InChI=1S/C13H15N3O4/c14-5-2-6-16-12(17)8-20-13(18)9-19-11-4-1-3-10(15)7-11/h1,3-4,7H,2,6,8-9,15H2,(H,16,17). The van der Waals surface area contributed by atoms with Crippen molar-refractivity contribution in [2.45, 2.75) is 6.42 Å². The Bertz CT molecular complexity index is 511. The van der Waals surface area contributed by atoms with Gasteiger partial charge < -0.3 is 20.5 Å². The van der Waals surface area contributed by atoms with Crippen LogP contribution >= 0.6 is 0 Å². The monoisotopic (exact) mass is 277 g/mol. The molecular weight excluding hydrogens is 262 g/mol. The first-order chi connectivity index (χ1) is 9.61. The zero-order valence-corrected chi connectivity index (χ0v) is 10.8. The lowest BCUT2D eigenvalue weighted by atomic mass is 10.3. The number of nitrogens with two attached hydrogens (primary N) is 1. The lowest BCUT2D eigenvalue weighted by Crippen LogP contribution is -2.30. The molecule has 7 heteroatoms. The van der Waals surface area contributed by atoms with Crippen LogP contribution in [0, 0.1) is 11.3 Å². The van der Waals surface area contributed by atoms with Crippen LogP contribution < -0.4 is 15.8 Å². The van der Waals surface area contributed by atoms with E-state index in [1.54, 1.807) is 24.3 Å². The van der Waals surface area contributed by atoms with Crippen LogP contribution in [0.1, 0.15) is 6.42 Å². The Hall–Kier alpha value is -2.75. The maximum atomic E-state index is 11.3. The molecule has 0 atom stereocenters. The van der Waals surface area contributed by atoms with Gasteiger partial charge in [-0.1, -0.05) is 6.07 Å². The van der Waals surface area contributed by atoms with Crippen LogP contribution in [-0.4, -0.2) is 31.6 Å². The Morgan fingerprint density at radius 3 is 2.85 bits per heavy atom. The van der Waals surface area contributed by atoms with E-state index < -0.39 is 18.5 Å². The predicted octanol–water partition coefficient (Wildman–Crippen LogP) is 0.221. The van der Waals surface area contributed by atoms with E-state index in [0.29, 0.717) is 11.4 Å². The number of rotatable bonds is 7. The van der Waals surface area contributed by atoms with Gasteiger partial charge in [-0.3, -0.25) is 4.79 Å². The summed E-state index contributed by atoms with van der Waals surface area (Å²) in [6.07, 6.45) is 0.207. The molecule has 1 aromatic rings. The first-order valence-electron chi connectivity index (χ1n) is 5.89. The summed E-state index contributed by atoms with van der Waals surface area (Å²) in [5.74, 6) is -0.680. The molecular formula is C13H15N3O4. The van der Waals surface area contributed by atoms with E-state index >= 15 is 0 Å². The van der Waals surface area contributed by atoms with Gasteiger partial charge in [-0.2, -0.15) is 5.26 Å². The number of ether oxygens (including phenoxy) is 2. The smallest absolute Gasteiger partial charge is 0.344 e. The van der Waals surface area contributed by atoms with Gasteiger partial charge in [0.25, 0.3) is 5.91 Å². The van der Waals surface area contributed by atoms with Gasteiger partial charge in [0.15, 0.2) is 13.2 Å². The number of esters is 1. The van der Waals surface area contributed by atoms with Crippen molar-refractivity contribution in [1.29, 1.82) is 5.26 Å². The molecule has 0 spiro atoms. The minimum absolute atomic E-state index is 0.207. The lowest BCUT2D eigenvalue weighted by molar-refractivity contribution is -0.150. The van der Waals surface area contributed by atoms with Crippen molar-refractivity contribution in [2.24, 2.45) is 0 Å². The maximum Gasteiger partial charge on any atom is 0.344 e. The minimum atomic E-state index is -0.664. The summed E-state index contributed by atoms with van der Waals surface area (Å²) < 4.78 is 9.85. The van der Waals surface area contributed by atoms with Gasteiger partial charge in [-0.05, 0) is 12.1 Å². The number of nitrogen functional groups attached to an aromatic ring is 1. The van der Waals surface area contributed by atoms with Gasteiger partial charge in [0.2, 0.25) is 0 Å². The number of nitrogens with zero attached hydrogens (tertiary/aromatic N) is 1. The fourth-order valence-corrected chi connectivity index (χ4v) is 1.24. The van der Waals surface area contributed by atoms with E-state index in [1.165, 1.54) is 0 Å². The number of anilines is 1. The van der Waals surface area contributed by atoms with Crippen molar-refractivity contribution in [3.05, 3.63) is 24.3 Å². The molecule has 0 fully saturated rings. The average molecular weight is 277 g/mol. The first kappa shape index (κ1) is 15.3. The third-order valence-corrected chi connectivity index (χ3v) is 2.14. The summed E-state index contributed by atoms with van der Waals surface area (Å²) in [5, 5.41) is 10.7. The SMILES string of the molecule is N#CCCNC(=O)COC(=O)COc1cccc(N)c1. The van der Waals surface area contributed by atoms with Crippen molar-refractivity contribution >= 4 is 17.6 Å². The zero-order chi connectivity index (χ0) is 14.8. The van der Waals surface area contributed by atoms with Crippen molar-refractivity contribution in [3.63, 3.8) is 0 Å². The van der Waals surface area contributed by atoms with Gasteiger partial charge in [0, 0.05) is 18.3 Å². The highest BCUT2D eigenvalue weighted by molar-refractivity contribution is 5.80. The molecule has 1 rings (SSSR count). The summed E-state index contributed by atoms with van der Waals surface area (Å²) >= 11 is 0. The van der Waals surface area contributed by atoms with Crippen molar-refractivity contribution in [2.75, 3.05) is 25.5 Å². The highest BCUT2D eigenvalue weighted by Crippen LogP contribution is 2.14. The molecule has 7 nitrogen and oxygen atoms in total. The summed E-state index contributed by atoms with van der Waals surface area (Å²) in [6.45, 7) is -0.480. The molecule has 0 aliphatic carbocycles. The van der Waals surface area contributed by atoms with Crippen LogP contribution in [0.25, 0.3) is 0 Å². The lowest BCUT2D eigenvalue weighted by Gasteiger charge is -2.07. The van der Waals surface area contributed by atoms with Gasteiger partial charge in [-0.15, -0.1) is 0 Å². The van der Waals surface area contributed by atoms with Crippen LogP contribution in [0.15, 0.2) is 24.3 Å². The average Bonchev–Trinajstić information content (AvgIpc) is 2.43. The molecule has 0 radical (unpaired) electrons. The van der Waals surface area contributed by atoms with Crippen molar-refractivity contribution in [1.82, 2.24) is 5.32 Å². The second kappa shape index (κ2) is 8.37. The van der Waals surface area contributed by atoms with E-state index in [1.807, 2.05) is 6.07 Å². The topological polar surface area (TPSA) is 114 Å². The van der Waals surface area contributed by atoms with Crippen LogP contribution in [0.5, 0.6) is 5.75 Å². The molecule has 1 aromatic carbocycles. The summed E-state index contributed by atoms with van der Waals surface area (Å²) in [6, 6.07) is 8.48. The zero-order valence-electron chi connectivity index (χ0n) is 10.8. The maximum absolute atomic E-state index is 11.3. The number of benzene rings is 1. The number of carbonyl (C=O) groups is 2.